The number of pyridine rings is 1. The molecule has 0 saturated carbocycles. The van der Waals surface area contributed by atoms with E-state index in [0.717, 1.165) is 54.5 Å². The van der Waals surface area contributed by atoms with E-state index in [1.807, 2.05) is 24.3 Å². The Morgan fingerprint density at radius 1 is 1.08 bits per heavy atom. The van der Waals surface area contributed by atoms with Gasteiger partial charge in [-0.05, 0) is 53.2 Å². The lowest BCUT2D eigenvalue weighted by atomic mass is 10.0. The minimum absolute atomic E-state index is 0.405. The van der Waals surface area contributed by atoms with Crippen molar-refractivity contribution in [3.05, 3.63) is 64.3 Å². The van der Waals surface area contributed by atoms with Crippen LogP contribution in [0.25, 0.3) is 21.7 Å². The van der Waals surface area contributed by atoms with Crippen molar-refractivity contribution < 1.29 is 14.2 Å². The third-order valence-electron chi connectivity index (χ3n) is 6.19. The van der Waals surface area contributed by atoms with Crippen LogP contribution in [0.5, 0.6) is 11.5 Å². The quantitative estimate of drug-likeness (QED) is 0.297. The Hall–Kier alpha value is -3.28. The zero-order valence-electron chi connectivity index (χ0n) is 19.7. The molecule has 2 heterocycles. The molecule has 0 aliphatic carbocycles. The molecule has 36 heavy (non-hydrogen) atoms. The number of halogens is 2. The average Bonchev–Trinajstić information content (AvgIpc) is 2.89. The number of benzene rings is 3. The molecule has 0 atom stereocenters. The molecule has 1 fully saturated rings. The van der Waals surface area contributed by atoms with Crippen LogP contribution in [-0.4, -0.2) is 56.4 Å². The number of hydrogen-bond acceptors (Lipinski definition) is 7. The Balaban J connectivity index is 1.50. The number of morpholine rings is 1. The number of anilines is 2. The van der Waals surface area contributed by atoms with Gasteiger partial charge in [0, 0.05) is 36.2 Å². The highest BCUT2D eigenvalue weighted by Gasteiger charge is 2.15. The molecule has 1 N–H and O–H groups in total. The third kappa shape index (κ3) is 5.13. The Kier molecular flexibility index (Phi) is 7.30. The monoisotopic (exact) mass is 522 g/mol. The minimum atomic E-state index is 0.405. The second-order valence-corrected chi connectivity index (χ2v) is 9.27. The van der Waals surface area contributed by atoms with Gasteiger partial charge in [-0.3, -0.25) is 9.88 Å². The van der Waals surface area contributed by atoms with Crippen LogP contribution in [-0.2, 0) is 4.74 Å². The molecule has 4 aromatic rings. The zero-order valence-corrected chi connectivity index (χ0v) is 21.2. The van der Waals surface area contributed by atoms with Gasteiger partial charge in [-0.25, -0.2) is 0 Å². The molecule has 0 radical (unpaired) electrons. The molecule has 0 unspecified atom stereocenters. The topological polar surface area (TPSA) is 79.6 Å². The molecule has 1 saturated heterocycles. The first-order valence-electron chi connectivity index (χ1n) is 11.6. The highest BCUT2D eigenvalue weighted by atomic mass is 35.5. The second kappa shape index (κ2) is 10.8. The van der Waals surface area contributed by atoms with Gasteiger partial charge >= 0.3 is 0 Å². The number of nitrogens with zero attached hydrogens (tertiary/aromatic N) is 3. The summed E-state index contributed by atoms with van der Waals surface area (Å²) in [5.74, 6) is 1.32. The maximum absolute atomic E-state index is 9.75. The zero-order chi connectivity index (χ0) is 25.1. The van der Waals surface area contributed by atoms with E-state index in [1.165, 1.54) is 0 Å². The first-order chi connectivity index (χ1) is 17.6. The van der Waals surface area contributed by atoms with E-state index >= 15 is 0 Å². The molecule has 9 heteroatoms. The fraction of sp³-hybridized carbons (Fsp3) is 0.259. The van der Waals surface area contributed by atoms with Crippen molar-refractivity contribution in [2.75, 3.05) is 51.9 Å². The average molecular weight is 523 g/mol. The normalized spacial score (nSPS) is 14.1. The molecular formula is C27H24Cl2N4O3. The number of nitrogens with one attached hydrogen (secondary N) is 1. The second-order valence-electron chi connectivity index (χ2n) is 8.43. The fourth-order valence-electron chi connectivity index (χ4n) is 4.27. The molecule has 3 aromatic carbocycles. The lowest BCUT2D eigenvalue weighted by molar-refractivity contribution is 0.0321. The number of aromatic nitrogens is 1. The smallest absolute Gasteiger partial charge is 0.161 e. The molecule has 0 spiro atoms. The van der Waals surface area contributed by atoms with Gasteiger partial charge in [-0.2, -0.15) is 5.26 Å². The Labute approximate surface area is 219 Å². The summed E-state index contributed by atoms with van der Waals surface area (Å²) in [5.41, 5.74) is 2.41. The van der Waals surface area contributed by atoms with Crippen molar-refractivity contribution in [3.63, 3.8) is 0 Å². The third-order valence-corrected chi connectivity index (χ3v) is 6.74. The van der Waals surface area contributed by atoms with Gasteiger partial charge in [-0.15, -0.1) is 0 Å². The summed E-state index contributed by atoms with van der Waals surface area (Å²) in [6.45, 7) is 4.72. The Morgan fingerprint density at radius 3 is 2.61 bits per heavy atom. The summed E-state index contributed by atoms with van der Waals surface area (Å²) < 4.78 is 17.1. The predicted octanol–water partition coefficient (Wildman–Crippen LogP) is 6.03. The predicted molar refractivity (Wildman–Crippen MR) is 143 cm³/mol. The largest absolute Gasteiger partial charge is 0.493 e. The number of fused-ring (bicyclic) bond motifs is 2. The number of methoxy groups -OCH3 is 1. The number of nitriles is 1. The molecule has 1 aliphatic heterocycles. The highest BCUT2D eigenvalue weighted by molar-refractivity contribution is 6.36. The van der Waals surface area contributed by atoms with Gasteiger partial charge in [-0.1, -0.05) is 23.2 Å². The molecule has 5 rings (SSSR count). The lowest BCUT2D eigenvalue weighted by Gasteiger charge is -2.26. The van der Waals surface area contributed by atoms with Crippen molar-refractivity contribution in [3.8, 4) is 17.6 Å². The molecule has 184 valence electrons. The molecule has 0 amide bonds. The Bertz CT molecular complexity index is 1470. The molecule has 7 nitrogen and oxygen atoms in total. The van der Waals surface area contributed by atoms with Crippen molar-refractivity contribution >= 4 is 56.3 Å². The molecule has 1 aliphatic rings. The highest BCUT2D eigenvalue weighted by Crippen LogP contribution is 2.38. The summed E-state index contributed by atoms with van der Waals surface area (Å²) in [6.07, 6.45) is 1.56. The van der Waals surface area contributed by atoms with Crippen LogP contribution in [0.3, 0.4) is 0 Å². The van der Waals surface area contributed by atoms with Crippen molar-refractivity contribution in [2.45, 2.75) is 0 Å². The van der Waals surface area contributed by atoms with Gasteiger partial charge < -0.3 is 19.5 Å². The van der Waals surface area contributed by atoms with Gasteiger partial charge in [0.05, 0.1) is 47.8 Å². The standard InChI is InChI=1S/C27H24Cl2N4O3/c1-34-25-12-17-10-21-24(11-18(17)13-26(25)36-9-6-33-4-7-35-8-5-33)31-16-19(15-30)27(21)32-23-3-2-20(28)14-22(23)29/h2-3,10-14,16H,4-9H2,1H3,(H,31,32). The number of ether oxygens (including phenoxy) is 3. The summed E-state index contributed by atoms with van der Waals surface area (Å²) in [6, 6.07) is 15.3. The maximum atomic E-state index is 9.75. The van der Waals surface area contributed by atoms with Crippen LogP contribution < -0.4 is 14.8 Å². The first-order valence-corrected chi connectivity index (χ1v) is 12.3. The van der Waals surface area contributed by atoms with Crippen molar-refractivity contribution in [1.82, 2.24) is 9.88 Å². The molecular weight excluding hydrogens is 499 g/mol. The SMILES string of the molecule is COc1cc2cc3c(Nc4ccc(Cl)cc4Cl)c(C#N)cnc3cc2cc1OCCN1CCOCC1. The fourth-order valence-corrected chi connectivity index (χ4v) is 4.73. The van der Waals surface area contributed by atoms with E-state index in [4.69, 9.17) is 37.4 Å². The van der Waals surface area contributed by atoms with Crippen LogP contribution in [0.15, 0.2) is 48.7 Å². The van der Waals surface area contributed by atoms with Gasteiger partial charge in [0.25, 0.3) is 0 Å². The van der Waals surface area contributed by atoms with Gasteiger partial charge in [0.15, 0.2) is 11.5 Å². The van der Waals surface area contributed by atoms with E-state index < -0.39 is 0 Å². The van der Waals surface area contributed by atoms with Crippen LogP contribution in [0.2, 0.25) is 10.0 Å². The lowest BCUT2D eigenvalue weighted by Crippen LogP contribution is -2.38. The van der Waals surface area contributed by atoms with E-state index in [1.54, 1.807) is 31.5 Å². The van der Waals surface area contributed by atoms with Gasteiger partial charge in [0.2, 0.25) is 0 Å². The summed E-state index contributed by atoms with van der Waals surface area (Å²) >= 11 is 12.4. The van der Waals surface area contributed by atoms with Gasteiger partial charge in [0.1, 0.15) is 12.7 Å². The molecule has 1 aromatic heterocycles. The minimum Gasteiger partial charge on any atom is -0.493 e. The van der Waals surface area contributed by atoms with Crippen LogP contribution in [0.4, 0.5) is 11.4 Å². The maximum Gasteiger partial charge on any atom is 0.161 e. The van der Waals surface area contributed by atoms with Crippen LogP contribution in [0, 0.1) is 11.3 Å². The van der Waals surface area contributed by atoms with E-state index in [9.17, 15) is 5.26 Å². The van der Waals surface area contributed by atoms with E-state index in [2.05, 4.69) is 21.3 Å². The van der Waals surface area contributed by atoms with Crippen LogP contribution in [0.1, 0.15) is 5.56 Å². The molecule has 0 bridgehead atoms. The Morgan fingerprint density at radius 2 is 1.86 bits per heavy atom. The first kappa shape index (κ1) is 24.4. The summed E-state index contributed by atoms with van der Waals surface area (Å²) in [4.78, 5) is 6.85. The number of rotatable bonds is 7. The summed E-state index contributed by atoms with van der Waals surface area (Å²) in [7, 11) is 1.63. The van der Waals surface area contributed by atoms with Crippen LogP contribution >= 0.6 is 23.2 Å². The number of hydrogen-bond donors (Lipinski definition) is 1. The summed E-state index contributed by atoms with van der Waals surface area (Å²) in [5, 5.41) is 16.7. The van der Waals surface area contributed by atoms with E-state index in [0.29, 0.717) is 45.1 Å². The van der Waals surface area contributed by atoms with Crippen molar-refractivity contribution in [2.24, 2.45) is 0 Å². The van der Waals surface area contributed by atoms with Crippen molar-refractivity contribution in [1.29, 1.82) is 5.26 Å². The van der Waals surface area contributed by atoms with E-state index in [-0.39, 0.29) is 0 Å².